The van der Waals surface area contributed by atoms with Gasteiger partial charge in [0, 0.05) is 18.1 Å². The number of aliphatic carboxylic acids is 1. The van der Waals surface area contributed by atoms with E-state index >= 15 is 0 Å². The molecule has 0 fully saturated rings. The summed E-state index contributed by atoms with van der Waals surface area (Å²) in [5, 5.41) is 13.7. The molecule has 22 heavy (non-hydrogen) atoms. The molecule has 1 unspecified atom stereocenters. The van der Waals surface area contributed by atoms with Gasteiger partial charge in [0.05, 0.1) is 14.2 Å². The van der Waals surface area contributed by atoms with E-state index in [4.69, 9.17) is 9.47 Å². The standard InChI is InChI=1S/C15H17N3O4/c1-21-10-6-9(7-11(8-10)22-2)14-16-13-5-3-4-12(15(19)20)18(13)17-14/h6-8,12H,3-5H2,1-2H3,(H,19,20). The number of carboxylic acids is 1. The first-order chi connectivity index (χ1) is 10.6. The van der Waals surface area contributed by atoms with Crippen molar-refractivity contribution < 1.29 is 19.4 Å². The predicted molar refractivity (Wildman–Crippen MR) is 78.2 cm³/mol. The van der Waals surface area contributed by atoms with Crippen molar-refractivity contribution in [3.8, 4) is 22.9 Å². The second kappa shape index (κ2) is 5.67. The van der Waals surface area contributed by atoms with Crippen LogP contribution in [0.5, 0.6) is 11.5 Å². The van der Waals surface area contributed by atoms with Crippen molar-refractivity contribution in [3.63, 3.8) is 0 Å². The van der Waals surface area contributed by atoms with E-state index < -0.39 is 12.0 Å². The lowest BCUT2D eigenvalue weighted by molar-refractivity contribution is -0.141. The molecule has 1 aromatic heterocycles. The van der Waals surface area contributed by atoms with Crippen molar-refractivity contribution in [1.82, 2.24) is 14.8 Å². The van der Waals surface area contributed by atoms with Gasteiger partial charge < -0.3 is 14.6 Å². The lowest BCUT2D eigenvalue weighted by Crippen LogP contribution is -2.25. The molecule has 2 aromatic rings. The Morgan fingerprint density at radius 3 is 2.55 bits per heavy atom. The molecule has 1 aliphatic heterocycles. The lowest BCUT2D eigenvalue weighted by Gasteiger charge is -2.19. The third-order valence-electron chi connectivity index (χ3n) is 3.77. The first kappa shape index (κ1) is 14.4. The van der Waals surface area contributed by atoms with Crippen LogP contribution in [-0.2, 0) is 11.2 Å². The zero-order chi connectivity index (χ0) is 15.7. The van der Waals surface area contributed by atoms with Crippen LogP contribution in [-0.4, -0.2) is 40.1 Å². The quantitative estimate of drug-likeness (QED) is 0.928. The topological polar surface area (TPSA) is 86.5 Å². The van der Waals surface area contributed by atoms with Crippen LogP contribution in [0.1, 0.15) is 24.7 Å². The Morgan fingerprint density at radius 1 is 1.27 bits per heavy atom. The number of hydrogen-bond acceptors (Lipinski definition) is 5. The number of rotatable bonds is 4. The summed E-state index contributed by atoms with van der Waals surface area (Å²) in [6.45, 7) is 0. The fourth-order valence-corrected chi connectivity index (χ4v) is 2.64. The van der Waals surface area contributed by atoms with Crippen molar-refractivity contribution in [3.05, 3.63) is 24.0 Å². The Hall–Kier alpha value is -2.57. The molecule has 0 bridgehead atoms. The highest BCUT2D eigenvalue weighted by Gasteiger charge is 2.28. The summed E-state index contributed by atoms with van der Waals surface area (Å²) >= 11 is 0. The van der Waals surface area contributed by atoms with Gasteiger partial charge in [-0.05, 0) is 25.0 Å². The van der Waals surface area contributed by atoms with Gasteiger partial charge in [-0.2, -0.15) is 0 Å². The van der Waals surface area contributed by atoms with Gasteiger partial charge in [0.25, 0.3) is 0 Å². The Labute approximate surface area is 127 Å². The number of carboxylic acid groups (broad SMARTS) is 1. The highest BCUT2D eigenvalue weighted by Crippen LogP contribution is 2.30. The van der Waals surface area contributed by atoms with Crippen LogP contribution in [0.3, 0.4) is 0 Å². The third-order valence-corrected chi connectivity index (χ3v) is 3.77. The molecule has 0 saturated carbocycles. The molecule has 7 nitrogen and oxygen atoms in total. The number of aryl methyl sites for hydroxylation is 1. The monoisotopic (exact) mass is 303 g/mol. The Morgan fingerprint density at radius 2 is 1.95 bits per heavy atom. The SMILES string of the molecule is COc1cc(OC)cc(-c2nc3n(n2)C(C(=O)O)CCC3)c1. The van der Waals surface area contributed by atoms with Gasteiger partial charge in [0.1, 0.15) is 17.3 Å². The van der Waals surface area contributed by atoms with Gasteiger partial charge in [-0.1, -0.05) is 0 Å². The van der Waals surface area contributed by atoms with E-state index in [-0.39, 0.29) is 0 Å². The molecule has 0 amide bonds. The van der Waals surface area contributed by atoms with Crippen LogP contribution in [0.2, 0.25) is 0 Å². The Bertz CT molecular complexity index is 689. The number of fused-ring (bicyclic) bond motifs is 1. The molecular formula is C15H17N3O4. The van der Waals surface area contributed by atoms with Crippen LogP contribution in [0, 0.1) is 0 Å². The van der Waals surface area contributed by atoms with E-state index in [1.54, 1.807) is 32.4 Å². The van der Waals surface area contributed by atoms with Crippen LogP contribution in [0.15, 0.2) is 18.2 Å². The number of aromatic nitrogens is 3. The van der Waals surface area contributed by atoms with Crippen molar-refractivity contribution >= 4 is 5.97 Å². The number of carbonyl (C=O) groups is 1. The first-order valence-corrected chi connectivity index (χ1v) is 7.04. The number of methoxy groups -OCH3 is 2. The van der Waals surface area contributed by atoms with E-state index in [9.17, 15) is 9.90 Å². The number of benzene rings is 1. The summed E-state index contributed by atoms with van der Waals surface area (Å²) < 4.78 is 12.0. The average molecular weight is 303 g/mol. The molecule has 0 spiro atoms. The van der Waals surface area contributed by atoms with Crippen LogP contribution in [0.25, 0.3) is 11.4 Å². The average Bonchev–Trinajstić information content (AvgIpc) is 2.98. The minimum Gasteiger partial charge on any atom is -0.497 e. The molecule has 1 aromatic carbocycles. The Kier molecular flexibility index (Phi) is 3.70. The van der Waals surface area contributed by atoms with Crippen molar-refractivity contribution in [2.75, 3.05) is 14.2 Å². The smallest absolute Gasteiger partial charge is 0.328 e. The summed E-state index contributed by atoms with van der Waals surface area (Å²) in [7, 11) is 3.15. The molecule has 3 rings (SSSR count). The molecule has 0 aliphatic carbocycles. The second-order valence-electron chi connectivity index (χ2n) is 5.14. The first-order valence-electron chi connectivity index (χ1n) is 7.04. The summed E-state index contributed by atoms with van der Waals surface area (Å²) in [5.41, 5.74) is 0.738. The second-order valence-corrected chi connectivity index (χ2v) is 5.14. The van der Waals surface area contributed by atoms with Crippen molar-refractivity contribution in [2.24, 2.45) is 0 Å². The molecular weight excluding hydrogens is 286 g/mol. The maximum atomic E-state index is 11.3. The van der Waals surface area contributed by atoms with E-state index in [0.29, 0.717) is 29.6 Å². The van der Waals surface area contributed by atoms with Crippen LogP contribution in [0.4, 0.5) is 0 Å². The molecule has 7 heteroatoms. The highest BCUT2D eigenvalue weighted by molar-refractivity contribution is 5.72. The zero-order valence-corrected chi connectivity index (χ0v) is 12.4. The van der Waals surface area contributed by atoms with E-state index in [2.05, 4.69) is 10.1 Å². The summed E-state index contributed by atoms with van der Waals surface area (Å²) in [5.74, 6) is 1.59. The molecule has 116 valence electrons. The molecule has 1 aliphatic rings. The van der Waals surface area contributed by atoms with Crippen LogP contribution >= 0.6 is 0 Å². The number of hydrogen-bond donors (Lipinski definition) is 1. The van der Waals surface area contributed by atoms with Crippen LogP contribution < -0.4 is 9.47 Å². The van der Waals surface area contributed by atoms with Crippen molar-refractivity contribution in [2.45, 2.75) is 25.3 Å². The van der Waals surface area contributed by atoms with Gasteiger partial charge >= 0.3 is 5.97 Å². The summed E-state index contributed by atoms with van der Waals surface area (Å²) in [4.78, 5) is 15.8. The van der Waals surface area contributed by atoms with Gasteiger partial charge in [-0.3, -0.25) is 0 Å². The minimum absolute atomic E-state index is 0.486. The van der Waals surface area contributed by atoms with E-state index in [0.717, 1.165) is 18.4 Å². The maximum Gasteiger partial charge on any atom is 0.328 e. The van der Waals surface area contributed by atoms with E-state index in [1.165, 1.54) is 4.68 Å². The van der Waals surface area contributed by atoms with Gasteiger partial charge in [-0.25, -0.2) is 14.5 Å². The maximum absolute atomic E-state index is 11.3. The van der Waals surface area contributed by atoms with Gasteiger partial charge in [0.15, 0.2) is 11.9 Å². The van der Waals surface area contributed by atoms with Gasteiger partial charge in [-0.15, -0.1) is 5.10 Å². The Balaban J connectivity index is 2.05. The molecule has 1 atom stereocenters. The fraction of sp³-hybridized carbons (Fsp3) is 0.400. The fourth-order valence-electron chi connectivity index (χ4n) is 2.64. The highest BCUT2D eigenvalue weighted by atomic mass is 16.5. The molecule has 1 N–H and O–H groups in total. The predicted octanol–water partition coefficient (Wildman–Crippen LogP) is 1.92. The largest absolute Gasteiger partial charge is 0.497 e. The summed E-state index contributed by atoms with van der Waals surface area (Å²) in [6, 6.07) is 4.73. The normalized spacial score (nSPS) is 16.9. The molecule has 0 saturated heterocycles. The minimum atomic E-state index is -0.874. The van der Waals surface area contributed by atoms with Gasteiger partial charge in [0.2, 0.25) is 0 Å². The molecule has 2 heterocycles. The number of ether oxygens (including phenoxy) is 2. The zero-order valence-electron chi connectivity index (χ0n) is 12.4. The molecule has 0 radical (unpaired) electrons. The summed E-state index contributed by atoms with van der Waals surface area (Å²) in [6.07, 6.45) is 2.11. The third kappa shape index (κ3) is 2.49. The van der Waals surface area contributed by atoms with E-state index in [1.807, 2.05) is 0 Å². The number of nitrogens with zero attached hydrogens (tertiary/aromatic N) is 3. The van der Waals surface area contributed by atoms with Crippen molar-refractivity contribution in [1.29, 1.82) is 0 Å². The lowest BCUT2D eigenvalue weighted by atomic mass is 10.1.